The van der Waals surface area contributed by atoms with Gasteiger partial charge in [-0.25, -0.2) is 0 Å². The summed E-state index contributed by atoms with van der Waals surface area (Å²) in [7, 11) is 1.54. The number of hydrogen-bond acceptors (Lipinski definition) is 6. The van der Waals surface area contributed by atoms with Crippen LogP contribution in [0.5, 0.6) is 17.2 Å². The zero-order valence-electron chi connectivity index (χ0n) is 23.9. The summed E-state index contributed by atoms with van der Waals surface area (Å²) in [5, 5.41) is 11.6. The van der Waals surface area contributed by atoms with Gasteiger partial charge in [0.25, 0.3) is 11.7 Å². The van der Waals surface area contributed by atoms with Crippen LogP contribution in [0.3, 0.4) is 0 Å². The van der Waals surface area contributed by atoms with E-state index in [0.717, 1.165) is 17.5 Å². The van der Waals surface area contributed by atoms with Gasteiger partial charge in [-0.15, -0.1) is 0 Å². The minimum Gasteiger partial charge on any atom is -0.507 e. The number of ether oxygens (including phenoxy) is 3. The van der Waals surface area contributed by atoms with E-state index in [9.17, 15) is 14.7 Å². The first-order chi connectivity index (χ1) is 20.4. The van der Waals surface area contributed by atoms with Crippen molar-refractivity contribution < 1.29 is 28.9 Å². The number of ketones is 1. The average Bonchev–Trinajstić information content (AvgIpc) is 3.29. The number of aryl methyl sites for hydroxylation is 1. The van der Waals surface area contributed by atoms with Crippen molar-refractivity contribution in [2.24, 2.45) is 0 Å². The molecule has 1 atom stereocenters. The molecule has 1 aliphatic rings. The third-order valence-corrected chi connectivity index (χ3v) is 7.11. The van der Waals surface area contributed by atoms with Crippen LogP contribution in [0.1, 0.15) is 41.6 Å². The van der Waals surface area contributed by atoms with Gasteiger partial charge in [0, 0.05) is 17.3 Å². The number of hydrogen-bond donors (Lipinski definition) is 1. The predicted molar refractivity (Wildman–Crippen MR) is 162 cm³/mol. The van der Waals surface area contributed by atoms with E-state index in [2.05, 4.69) is 0 Å². The molecule has 1 amide bonds. The van der Waals surface area contributed by atoms with E-state index >= 15 is 0 Å². The first kappa shape index (κ1) is 28.5. The number of rotatable bonds is 10. The van der Waals surface area contributed by atoms with E-state index in [0.29, 0.717) is 47.3 Å². The topological polar surface area (TPSA) is 85.3 Å². The highest BCUT2D eigenvalue weighted by atomic mass is 16.5. The lowest BCUT2D eigenvalue weighted by molar-refractivity contribution is -0.132. The monoisotopic (exact) mass is 563 g/mol. The minimum absolute atomic E-state index is 0.00665. The summed E-state index contributed by atoms with van der Waals surface area (Å²) in [6.07, 6.45) is 0.830. The van der Waals surface area contributed by atoms with Gasteiger partial charge in [0.05, 0.1) is 25.3 Å². The molecular weight excluding hydrogens is 530 g/mol. The summed E-state index contributed by atoms with van der Waals surface area (Å²) in [6.45, 7) is 4.81. The van der Waals surface area contributed by atoms with Crippen LogP contribution < -0.4 is 19.1 Å². The van der Waals surface area contributed by atoms with Gasteiger partial charge in [0.2, 0.25) is 0 Å². The second-order valence-corrected chi connectivity index (χ2v) is 10.0. The minimum atomic E-state index is -0.892. The molecule has 7 heteroatoms. The highest BCUT2D eigenvalue weighted by molar-refractivity contribution is 6.51. The second kappa shape index (κ2) is 12.6. The lowest BCUT2D eigenvalue weighted by atomic mass is 9.94. The fraction of sp³-hybridized carbons (Fsp3) is 0.200. The maximum absolute atomic E-state index is 13.6. The largest absolute Gasteiger partial charge is 0.507 e. The first-order valence-corrected chi connectivity index (χ1v) is 13.9. The predicted octanol–water partition coefficient (Wildman–Crippen LogP) is 7.00. The van der Waals surface area contributed by atoms with Gasteiger partial charge >= 0.3 is 0 Å². The van der Waals surface area contributed by atoms with E-state index in [1.165, 1.54) is 12.0 Å². The number of anilines is 1. The molecule has 214 valence electrons. The zero-order chi connectivity index (χ0) is 29.6. The maximum atomic E-state index is 13.6. The Bertz CT molecular complexity index is 1630. The van der Waals surface area contributed by atoms with Gasteiger partial charge in [-0.05, 0) is 72.5 Å². The van der Waals surface area contributed by atoms with Crippen molar-refractivity contribution in [3.05, 3.63) is 125 Å². The number of methoxy groups -OCH3 is 1. The highest BCUT2D eigenvalue weighted by Crippen LogP contribution is 2.43. The van der Waals surface area contributed by atoms with E-state index in [1.54, 1.807) is 48.5 Å². The van der Waals surface area contributed by atoms with Crippen molar-refractivity contribution in [3.63, 3.8) is 0 Å². The van der Waals surface area contributed by atoms with Crippen LogP contribution in [0.25, 0.3) is 5.76 Å². The fourth-order valence-corrected chi connectivity index (χ4v) is 5.02. The van der Waals surface area contributed by atoms with Crippen LogP contribution in [0.4, 0.5) is 5.69 Å². The lowest BCUT2D eigenvalue weighted by Crippen LogP contribution is -2.29. The van der Waals surface area contributed by atoms with Gasteiger partial charge in [0.1, 0.15) is 29.6 Å². The third kappa shape index (κ3) is 5.86. The van der Waals surface area contributed by atoms with E-state index in [4.69, 9.17) is 14.2 Å². The number of nitrogens with zero attached hydrogens (tertiary/aromatic N) is 1. The van der Waals surface area contributed by atoms with E-state index in [1.807, 2.05) is 62.4 Å². The number of carbonyl (C=O) groups excluding carboxylic acids is 2. The highest BCUT2D eigenvalue weighted by Gasteiger charge is 2.47. The molecule has 0 aromatic heterocycles. The number of benzene rings is 4. The van der Waals surface area contributed by atoms with Crippen molar-refractivity contribution in [1.29, 1.82) is 0 Å². The summed E-state index contributed by atoms with van der Waals surface area (Å²) in [5.41, 5.74) is 3.32. The molecule has 7 nitrogen and oxygen atoms in total. The van der Waals surface area contributed by atoms with Crippen molar-refractivity contribution in [2.45, 2.75) is 32.9 Å². The Labute approximate surface area is 245 Å². The Morgan fingerprint density at radius 2 is 1.62 bits per heavy atom. The Kier molecular flexibility index (Phi) is 8.58. The standard InChI is InChI=1S/C35H33NO6/c1-4-18-41-29-15-8-12-25(20-29)32-31(34(38)35(39)36(32)27-13-9-14-28(21-27)40-3)33(37)26-16-17-30(23(2)19-26)42-22-24-10-6-5-7-11-24/h5-17,19-21,32,37H,4,18,22H2,1-3H3/b33-31+. The Morgan fingerprint density at radius 3 is 2.36 bits per heavy atom. The van der Waals surface area contributed by atoms with Crippen LogP contribution in [0.2, 0.25) is 0 Å². The molecule has 5 rings (SSSR count). The normalized spacial score (nSPS) is 16.0. The molecule has 0 saturated carbocycles. The quantitative estimate of drug-likeness (QED) is 0.127. The zero-order valence-corrected chi connectivity index (χ0v) is 23.9. The van der Waals surface area contributed by atoms with E-state index in [-0.39, 0.29) is 11.3 Å². The lowest BCUT2D eigenvalue weighted by Gasteiger charge is -2.26. The van der Waals surface area contributed by atoms with Gasteiger partial charge in [-0.2, -0.15) is 0 Å². The van der Waals surface area contributed by atoms with Crippen molar-refractivity contribution in [3.8, 4) is 17.2 Å². The molecule has 1 N–H and O–H groups in total. The van der Waals surface area contributed by atoms with Crippen LogP contribution in [0, 0.1) is 6.92 Å². The van der Waals surface area contributed by atoms with Crippen LogP contribution in [-0.4, -0.2) is 30.5 Å². The summed E-state index contributed by atoms with van der Waals surface area (Å²) >= 11 is 0. The third-order valence-electron chi connectivity index (χ3n) is 7.11. The molecule has 0 spiro atoms. The Morgan fingerprint density at radius 1 is 0.857 bits per heavy atom. The van der Waals surface area contributed by atoms with Crippen LogP contribution in [-0.2, 0) is 16.2 Å². The number of carbonyl (C=O) groups is 2. The molecule has 0 bridgehead atoms. The maximum Gasteiger partial charge on any atom is 0.300 e. The number of aliphatic hydroxyl groups excluding tert-OH is 1. The van der Waals surface area contributed by atoms with Crippen molar-refractivity contribution in [1.82, 2.24) is 0 Å². The summed E-state index contributed by atoms with van der Waals surface area (Å²) in [5.74, 6) is 0.0265. The molecule has 1 fully saturated rings. The summed E-state index contributed by atoms with van der Waals surface area (Å²) in [4.78, 5) is 28.6. The SMILES string of the molecule is CCCOc1cccc(C2/C(=C(\O)c3ccc(OCc4ccccc4)c(C)c3)C(=O)C(=O)N2c2cccc(OC)c2)c1. The number of aliphatic hydroxyl groups is 1. The molecule has 0 radical (unpaired) electrons. The summed E-state index contributed by atoms with van der Waals surface area (Å²) < 4.78 is 17.2. The van der Waals surface area contributed by atoms with Crippen LogP contribution in [0.15, 0.2) is 103 Å². The molecule has 1 aliphatic heterocycles. The molecular formula is C35H33NO6. The van der Waals surface area contributed by atoms with Crippen LogP contribution >= 0.6 is 0 Å². The molecule has 0 aliphatic carbocycles. The molecule has 1 unspecified atom stereocenters. The van der Waals surface area contributed by atoms with Crippen molar-refractivity contribution >= 4 is 23.1 Å². The Balaban J connectivity index is 1.57. The molecule has 4 aromatic rings. The summed E-state index contributed by atoms with van der Waals surface area (Å²) in [6, 6.07) is 28.4. The van der Waals surface area contributed by atoms with E-state index < -0.39 is 17.7 Å². The fourth-order valence-electron chi connectivity index (χ4n) is 5.02. The van der Waals surface area contributed by atoms with Gasteiger partial charge in [-0.1, -0.05) is 55.5 Å². The molecule has 42 heavy (non-hydrogen) atoms. The molecule has 4 aromatic carbocycles. The van der Waals surface area contributed by atoms with Crippen molar-refractivity contribution in [2.75, 3.05) is 18.6 Å². The van der Waals surface area contributed by atoms with Gasteiger partial charge in [0.15, 0.2) is 0 Å². The second-order valence-electron chi connectivity index (χ2n) is 10.0. The molecule has 1 saturated heterocycles. The number of amides is 1. The molecule has 1 heterocycles. The first-order valence-electron chi connectivity index (χ1n) is 13.9. The average molecular weight is 564 g/mol. The van der Waals surface area contributed by atoms with Gasteiger partial charge in [-0.3, -0.25) is 14.5 Å². The smallest absolute Gasteiger partial charge is 0.300 e. The Hall–Kier alpha value is -5.04. The number of Topliss-reactive ketones (excluding diaryl/α,β-unsaturated/α-hetero) is 1. The van der Waals surface area contributed by atoms with Gasteiger partial charge < -0.3 is 19.3 Å².